The normalized spacial score (nSPS) is 21.6. The fourth-order valence-electron chi connectivity index (χ4n) is 10.6. The number of fused-ring (bicyclic) bond motifs is 4. The van der Waals surface area contributed by atoms with Gasteiger partial charge in [0.05, 0.1) is 43.5 Å². The van der Waals surface area contributed by atoms with Gasteiger partial charge in [0.1, 0.15) is 6.04 Å². The maximum atomic E-state index is 14.8. The SMILES string of the molecule is CC(=O)N1CCc2c(c(N3CCCc4cc(C(=O)N5CCOCC5)c(C(F)F)cc43)nn2C2CCN(C(=O)CN3Cc4cc5c(cc4C3)C(=O)N(C3CCC(=O)NC3=O)C5=O)CC2)C1. The minimum Gasteiger partial charge on any atom is -0.378 e. The summed E-state index contributed by atoms with van der Waals surface area (Å²) in [5.41, 5.74) is 5.07. The summed E-state index contributed by atoms with van der Waals surface area (Å²) in [5, 5.41) is 7.43. The van der Waals surface area contributed by atoms with Crippen molar-refractivity contribution in [3.05, 3.63) is 74.5 Å². The molecule has 7 aliphatic rings. The highest BCUT2D eigenvalue weighted by Crippen LogP contribution is 2.42. The Morgan fingerprint density at radius 2 is 1.50 bits per heavy atom. The number of imide groups is 2. The molecule has 1 N–H and O–H groups in total. The van der Waals surface area contributed by atoms with Gasteiger partial charge in [-0.2, -0.15) is 5.10 Å². The Hall–Kier alpha value is -6.08. The number of nitrogens with zero attached hydrogens (tertiary/aromatic N) is 8. The quantitative estimate of drug-likeness (QED) is 0.346. The first-order chi connectivity index (χ1) is 30.8. The molecule has 17 nitrogen and oxygen atoms in total. The standard InChI is InChI=1S/C45H49F2N9O8/c1-25(57)53-12-8-35-34(23-53)41(54-9-2-3-26-17-31(30(40(46)47)20-37(26)54)43(61)52-13-15-64-16-14-52)49-56(35)29-6-10-51(11-7-29)39(59)24-50-21-27-18-32-33(19-28(27)22-50)45(63)55(44(32)62)36-4-5-38(58)48-42(36)60/h17-20,29,36,40H,2-16,21-24H2,1H3,(H,48,58,60). The van der Waals surface area contributed by atoms with Crippen molar-refractivity contribution in [3.63, 3.8) is 0 Å². The molecule has 7 amide bonds. The number of hydrogen-bond acceptors (Lipinski definition) is 11. The number of carbonyl (C=O) groups excluding carboxylic acids is 7. The average Bonchev–Trinajstić information content (AvgIpc) is 3.95. The van der Waals surface area contributed by atoms with Crippen LogP contribution < -0.4 is 10.2 Å². The Balaban J connectivity index is 0.834. The number of hydrogen-bond donors (Lipinski definition) is 1. The Labute approximate surface area is 367 Å². The number of benzene rings is 2. The summed E-state index contributed by atoms with van der Waals surface area (Å²) in [4.78, 5) is 101. The second-order valence-corrected chi connectivity index (χ2v) is 17.8. The van der Waals surface area contributed by atoms with Gasteiger partial charge >= 0.3 is 0 Å². The lowest BCUT2D eigenvalue weighted by Crippen LogP contribution is -2.54. The van der Waals surface area contributed by atoms with Crippen LogP contribution in [0.25, 0.3) is 0 Å². The van der Waals surface area contributed by atoms with E-state index in [9.17, 15) is 42.3 Å². The first-order valence-electron chi connectivity index (χ1n) is 22.2. The lowest BCUT2D eigenvalue weighted by molar-refractivity contribution is -0.136. The summed E-state index contributed by atoms with van der Waals surface area (Å²) in [5.74, 6) is -2.13. The lowest BCUT2D eigenvalue weighted by atomic mass is 9.94. The van der Waals surface area contributed by atoms with Gasteiger partial charge < -0.3 is 24.3 Å². The first-order valence-corrected chi connectivity index (χ1v) is 22.2. The lowest BCUT2D eigenvalue weighted by Gasteiger charge is -2.34. The van der Waals surface area contributed by atoms with Gasteiger partial charge in [-0.1, -0.05) is 0 Å². The third-order valence-corrected chi connectivity index (χ3v) is 14.0. The minimum absolute atomic E-state index is 0.0137. The van der Waals surface area contributed by atoms with Crippen LogP contribution >= 0.6 is 0 Å². The number of morpholine rings is 1. The van der Waals surface area contributed by atoms with Crippen LogP contribution in [0.3, 0.4) is 0 Å². The number of anilines is 2. The molecule has 8 heterocycles. The highest BCUT2D eigenvalue weighted by Gasteiger charge is 2.46. The monoisotopic (exact) mass is 881 g/mol. The van der Waals surface area contributed by atoms with Crippen molar-refractivity contribution in [2.75, 3.05) is 63.9 Å². The van der Waals surface area contributed by atoms with Crippen LogP contribution in [0.2, 0.25) is 0 Å². The van der Waals surface area contributed by atoms with Crippen LogP contribution in [-0.4, -0.2) is 141 Å². The molecule has 10 rings (SSSR count). The molecule has 7 aliphatic heterocycles. The predicted octanol–water partition coefficient (Wildman–Crippen LogP) is 2.86. The summed E-state index contributed by atoms with van der Waals surface area (Å²) < 4.78 is 37.0. The van der Waals surface area contributed by atoms with Crippen molar-refractivity contribution in [2.45, 2.75) is 90.0 Å². The van der Waals surface area contributed by atoms with Crippen molar-refractivity contribution in [2.24, 2.45) is 0 Å². The molecule has 0 bridgehead atoms. The molecular weight excluding hydrogens is 833 g/mol. The van der Waals surface area contributed by atoms with Crippen LogP contribution in [-0.2, 0) is 56.4 Å². The fourth-order valence-corrected chi connectivity index (χ4v) is 10.6. The smallest absolute Gasteiger partial charge is 0.264 e. The van der Waals surface area contributed by atoms with E-state index in [-0.39, 0.29) is 59.5 Å². The number of alkyl halides is 2. The summed E-state index contributed by atoms with van der Waals surface area (Å²) >= 11 is 0. The molecule has 0 radical (unpaired) electrons. The number of amides is 7. The van der Waals surface area contributed by atoms with Gasteiger partial charge in [0.15, 0.2) is 5.82 Å². The van der Waals surface area contributed by atoms with E-state index in [4.69, 9.17) is 9.84 Å². The van der Waals surface area contributed by atoms with E-state index >= 15 is 0 Å². The molecule has 1 unspecified atom stereocenters. The number of nitrogens with one attached hydrogen (secondary N) is 1. The number of likely N-dealkylation sites (tertiary alicyclic amines) is 1. The van der Waals surface area contributed by atoms with Crippen molar-refractivity contribution in [3.8, 4) is 0 Å². The largest absolute Gasteiger partial charge is 0.378 e. The number of piperidine rings is 2. The fraction of sp³-hybridized carbons (Fsp3) is 0.511. The molecule has 3 fully saturated rings. The highest BCUT2D eigenvalue weighted by molar-refractivity contribution is 6.23. The van der Waals surface area contributed by atoms with Gasteiger partial charge in [-0.25, -0.2) is 8.78 Å². The van der Waals surface area contributed by atoms with Crippen LogP contribution in [0.4, 0.5) is 20.3 Å². The van der Waals surface area contributed by atoms with Crippen molar-refractivity contribution >= 4 is 52.9 Å². The van der Waals surface area contributed by atoms with Crippen molar-refractivity contribution < 1.29 is 47.1 Å². The van der Waals surface area contributed by atoms with Gasteiger partial charge in [-0.15, -0.1) is 0 Å². The first kappa shape index (κ1) is 41.9. The molecule has 1 aromatic heterocycles. The average molecular weight is 882 g/mol. The number of aryl methyl sites for hydroxylation is 1. The summed E-state index contributed by atoms with van der Waals surface area (Å²) in [6, 6.07) is 5.38. The van der Waals surface area contributed by atoms with Gasteiger partial charge in [0, 0.05) is 100 Å². The van der Waals surface area contributed by atoms with Crippen LogP contribution in [0.5, 0.6) is 0 Å². The maximum Gasteiger partial charge on any atom is 0.264 e. The predicted molar refractivity (Wildman–Crippen MR) is 223 cm³/mol. The van der Waals surface area contributed by atoms with E-state index in [0.717, 1.165) is 32.8 Å². The molecule has 0 spiro atoms. The summed E-state index contributed by atoms with van der Waals surface area (Å²) in [7, 11) is 0. The van der Waals surface area contributed by atoms with E-state index < -0.39 is 42.0 Å². The highest BCUT2D eigenvalue weighted by atomic mass is 19.3. The molecule has 2 aromatic carbocycles. The van der Waals surface area contributed by atoms with Crippen molar-refractivity contribution in [1.29, 1.82) is 0 Å². The maximum absolute atomic E-state index is 14.8. The Morgan fingerprint density at radius 1 is 0.797 bits per heavy atom. The molecule has 1 atom stereocenters. The molecule has 19 heteroatoms. The number of ether oxygens (including phenoxy) is 1. The molecule has 3 saturated heterocycles. The zero-order chi connectivity index (χ0) is 44.6. The molecule has 3 aromatic rings. The Kier molecular flexibility index (Phi) is 10.8. The van der Waals surface area contributed by atoms with E-state index in [2.05, 4.69) is 5.32 Å². The Bertz CT molecular complexity index is 2470. The summed E-state index contributed by atoms with van der Waals surface area (Å²) in [6.07, 6.45) is 0.417. The number of carbonyl (C=O) groups is 7. The minimum atomic E-state index is -2.88. The third kappa shape index (κ3) is 7.31. The molecule has 64 heavy (non-hydrogen) atoms. The third-order valence-electron chi connectivity index (χ3n) is 14.0. The van der Waals surface area contributed by atoms with Crippen LogP contribution in [0.1, 0.15) is 116 Å². The van der Waals surface area contributed by atoms with Gasteiger partial charge in [0.2, 0.25) is 23.6 Å². The number of rotatable bonds is 7. The van der Waals surface area contributed by atoms with E-state index in [1.54, 1.807) is 28.0 Å². The van der Waals surface area contributed by atoms with Crippen LogP contribution in [0, 0.1) is 0 Å². The Morgan fingerprint density at radius 3 is 2.16 bits per heavy atom. The van der Waals surface area contributed by atoms with Gasteiger partial charge in [-0.3, -0.25) is 53.4 Å². The molecule has 336 valence electrons. The van der Waals surface area contributed by atoms with E-state index in [0.29, 0.717) is 116 Å². The van der Waals surface area contributed by atoms with Gasteiger partial charge in [-0.05, 0) is 73.1 Å². The van der Waals surface area contributed by atoms with E-state index in [1.165, 1.54) is 13.0 Å². The molecule has 0 aliphatic carbocycles. The second-order valence-electron chi connectivity index (χ2n) is 17.8. The molecular formula is C45H49F2N9O8. The topological polar surface area (TPSA) is 178 Å². The zero-order valence-electron chi connectivity index (χ0n) is 35.6. The number of aromatic nitrogens is 2. The van der Waals surface area contributed by atoms with Gasteiger partial charge in [0.25, 0.3) is 24.1 Å². The summed E-state index contributed by atoms with van der Waals surface area (Å²) in [6.45, 7) is 6.27. The van der Waals surface area contributed by atoms with Crippen molar-refractivity contribution in [1.82, 2.24) is 39.6 Å². The zero-order valence-corrected chi connectivity index (χ0v) is 35.6. The van der Waals surface area contributed by atoms with Crippen LogP contribution in [0.15, 0.2) is 24.3 Å². The number of halogens is 2. The molecule has 0 saturated carbocycles. The second kappa shape index (κ2) is 16.5. The van der Waals surface area contributed by atoms with E-state index in [1.807, 2.05) is 19.4 Å².